The van der Waals surface area contributed by atoms with E-state index in [0.29, 0.717) is 0 Å². The predicted molar refractivity (Wildman–Crippen MR) is 68.7 cm³/mol. The van der Waals surface area contributed by atoms with E-state index in [0.717, 1.165) is 33.1 Å². The van der Waals surface area contributed by atoms with Crippen molar-refractivity contribution in [3.05, 3.63) is 65.3 Å². The lowest BCUT2D eigenvalue weighted by molar-refractivity contribution is 0.384. The van der Waals surface area contributed by atoms with Crippen LogP contribution >= 0.6 is 0 Å². The van der Waals surface area contributed by atoms with Crippen LogP contribution in [0.25, 0.3) is 17.9 Å². The maximum absolute atomic E-state index is 5.71. The topological polar surface area (TPSA) is 9.23 Å². The molecule has 0 atom stereocenters. The molecule has 1 aromatic rings. The van der Waals surface area contributed by atoms with Crippen LogP contribution in [0, 0.1) is 0 Å². The van der Waals surface area contributed by atoms with Crippen LogP contribution in [0.3, 0.4) is 0 Å². The maximum atomic E-state index is 5.71. The van der Waals surface area contributed by atoms with Gasteiger partial charge in [-0.15, -0.1) is 0 Å². The molecule has 1 aliphatic heterocycles. The van der Waals surface area contributed by atoms with Crippen molar-refractivity contribution in [1.82, 2.24) is 0 Å². The fourth-order valence-corrected chi connectivity index (χ4v) is 1.97. The molecule has 0 amide bonds. The molecule has 0 bridgehead atoms. The third-order valence-electron chi connectivity index (χ3n) is 2.72. The molecular weight excluding hydrogens is 196 g/mol. The van der Waals surface area contributed by atoms with Crippen LogP contribution in [-0.4, -0.2) is 0 Å². The van der Waals surface area contributed by atoms with Crippen molar-refractivity contribution < 1.29 is 4.74 Å². The van der Waals surface area contributed by atoms with Crippen molar-refractivity contribution in [3.8, 4) is 0 Å². The lowest BCUT2D eigenvalue weighted by Gasteiger charge is -2.18. The van der Waals surface area contributed by atoms with Gasteiger partial charge >= 0.3 is 0 Å². The van der Waals surface area contributed by atoms with Crippen molar-refractivity contribution in [1.29, 1.82) is 0 Å². The Morgan fingerprint density at radius 2 is 1.94 bits per heavy atom. The van der Waals surface area contributed by atoms with Crippen molar-refractivity contribution in [2.45, 2.75) is 6.92 Å². The van der Waals surface area contributed by atoms with Crippen molar-refractivity contribution in [2.75, 3.05) is 0 Å². The van der Waals surface area contributed by atoms with Crippen LogP contribution in [0.15, 0.2) is 49.3 Å². The average molecular weight is 210 g/mol. The Labute approximate surface area is 95.4 Å². The molecule has 2 rings (SSSR count). The highest BCUT2D eigenvalue weighted by atomic mass is 16.5. The van der Waals surface area contributed by atoms with Gasteiger partial charge in [0.05, 0.1) is 0 Å². The highest BCUT2D eigenvalue weighted by Gasteiger charge is 2.14. The molecule has 0 spiro atoms. The monoisotopic (exact) mass is 210 g/mol. The highest BCUT2D eigenvalue weighted by molar-refractivity contribution is 5.79. The smallest absolute Gasteiger partial charge is 0.134 e. The summed E-state index contributed by atoms with van der Waals surface area (Å²) in [6, 6.07) is 6.01. The van der Waals surface area contributed by atoms with Crippen LogP contribution in [-0.2, 0) is 4.74 Å². The molecule has 1 aromatic carbocycles. The zero-order valence-electron chi connectivity index (χ0n) is 9.42. The average Bonchev–Trinajstić information content (AvgIpc) is 2.28. The number of fused-ring (bicyclic) bond motifs is 1. The van der Waals surface area contributed by atoms with E-state index in [-0.39, 0.29) is 0 Å². The minimum atomic E-state index is 0.767. The quantitative estimate of drug-likeness (QED) is 0.728. The molecule has 0 unspecified atom stereocenters. The van der Waals surface area contributed by atoms with E-state index in [2.05, 4.69) is 25.8 Å². The number of hydrogen-bond donors (Lipinski definition) is 0. The fraction of sp³-hybridized carbons (Fsp3) is 0.0667. The summed E-state index contributed by atoms with van der Waals surface area (Å²) in [6.07, 6.45) is 3.53. The lowest BCUT2D eigenvalue weighted by Crippen LogP contribution is -2.31. The van der Waals surface area contributed by atoms with Crippen LogP contribution in [0.2, 0.25) is 0 Å². The molecule has 0 saturated heterocycles. The van der Waals surface area contributed by atoms with Gasteiger partial charge in [-0.05, 0) is 23.8 Å². The molecule has 1 heteroatoms. The molecule has 16 heavy (non-hydrogen) atoms. The van der Waals surface area contributed by atoms with Gasteiger partial charge in [-0.2, -0.15) is 0 Å². The van der Waals surface area contributed by atoms with E-state index >= 15 is 0 Å². The van der Waals surface area contributed by atoms with Crippen molar-refractivity contribution in [2.24, 2.45) is 0 Å². The molecule has 0 aromatic heterocycles. The Morgan fingerprint density at radius 1 is 1.19 bits per heavy atom. The van der Waals surface area contributed by atoms with Gasteiger partial charge in [0.2, 0.25) is 0 Å². The van der Waals surface area contributed by atoms with Crippen LogP contribution < -0.4 is 10.4 Å². The fourth-order valence-electron chi connectivity index (χ4n) is 1.97. The molecular formula is C15H14O. The van der Waals surface area contributed by atoms with Crippen LogP contribution in [0.1, 0.15) is 12.5 Å². The van der Waals surface area contributed by atoms with Gasteiger partial charge < -0.3 is 4.74 Å². The van der Waals surface area contributed by atoms with Gasteiger partial charge in [0.15, 0.2) is 0 Å². The zero-order valence-corrected chi connectivity index (χ0v) is 9.42. The first-order chi connectivity index (χ1) is 7.69. The molecule has 0 aliphatic carbocycles. The molecule has 80 valence electrons. The van der Waals surface area contributed by atoms with E-state index in [1.807, 2.05) is 25.1 Å². The minimum Gasteiger partial charge on any atom is -0.461 e. The molecule has 0 radical (unpaired) electrons. The number of rotatable bonds is 2. The number of allylic oxidation sites excluding steroid dienone is 3. The Morgan fingerprint density at radius 3 is 2.56 bits per heavy atom. The van der Waals surface area contributed by atoms with Gasteiger partial charge in [0.1, 0.15) is 11.5 Å². The number of ether oxygens (including phenoxy) is 1. The minimum absolute atomic E-state index is 0.767. The Hall–Kier alpha value is -2.02. The van der Waals surface area contributed by atoms with Gasteiger partial charge in [0.25, 0.3) is 0 Å². The number of benzene rings is 1. The molecule has 1 heterocycles. The molecule has 0 N–H and O–H groups in total. The Bertz CT molecular complexity index is 603. The summed E-state index contributed by atoms with van der Waals surface area (Å²) in [6.45, 7) is 13.5. The van der Waals surface area contributed by atoms with Gasteiger partial charge in [-0.1, -0.05) is 44.0 Å². The SMILES string of the molecule is C=CC1=C(C)OC(C=C)=c2c1cccc2=C. The zero-order chi connectivity index (χ0) is 11.7. The molecule has 1 aliphatic rings. The first-order valence-electron chi connectivity index (χ1n) is 5.15. The first kappa shape index (κ1) is 10.5. The van der Waals surface area contributed by atoms with Crippen LogP contribution in [0.4, 0.5) is 0 Å². The predicted octanol–water partition coefficient (Wildman–Crippen LogP) is 2.34. The lowest BCUT2D eigenvalue weighted by atomic mass is 9.98. The first-order valence-corrected chi connectivity index (χ1v) is 5.15. The Kier molecular flexibility index (Phi) is 2.53. The van der Waals surface area contributed by atoms with E-state index in [1.165, 1.54) is 0 Å². The summed E-state index contributed by atoms with van der Waals surface area (Å²) in [5.41, 5.74) is 2.13. The second-order valence-corrected chi connectivity index (χ2v) is 3.68. The largest absolute Gasteiger partial charge is 0.461 e. The Balaban J connectivity index is 2.95. The van der Waals surface area contributed by atoms with Gasteiger partial charge in [-0.3, -0.25) is 0 Å². The van der Waals surface area contributed by atoms with E-state index in [1.54, 1.807) is 6.08 Å². The molecule has 0 fully saturated rings. The van der Waals surface area contributed by atoms with Gasteiger partial charge in [0, 0.05) is 10.8 Å². The second-order valence-electron chi connectivity index (χ2n) is 3.68. The summed E-state index contributed by atoms with van der Waals surface area (Å²) in [5, 5.41) is 1.96. The third-order valence-corrected chi connectivity index (χ3v) is 2.72. The molecule has 1 nitrogen and oxygen atoms in total. The van der Waals surface area contributed by atoms with E-state index in [4.69, 9.17) is 4.74 Å². The van der Waals surface area contributed by atoms with Crippen molar-refractivity contribution >= 4 is 17.9 Å². The molecule has 0 saturated carbocycles. The van der Waals surface area contributed by atoms with Gasteiger partial charge in [-0.25, -0.2) is 0 Å². The summed E-state index contributed by atoms with van der Waals surface area (Å²) in [7, 11) is 0. The van der Waals surface area contributed by atoms with Crippen LogP contribution in [0.5, 0.6) is 0 Å². The summed E-state index contributed by atoms with van der Waals surface area (Å²) >= 11 is 0. The highest BCUT2D eigenvalue weighted by Crippen LogP contribution is 2.23. The standard InChI is InChI=1S/C15H14O/c1-5-12-11(4)16-14(6-2)15-10(3)8-7-9-13(12)15/h5-9H,1-3H2,4H3. The van der Waals surface area contributed by atoms with Crippen molar-refractivity contribution in [3.63, 3.8) is 0 Å². The van der Waals surface area contributed by atoms with E-state index in [9.17, 15) is 0 Å². The third kappa shape index (κ3) is 1.41. The normalized spacial score (nSPS) is 14.2. The van der Waals surface area contributed by atoms with E-state index < -0.39 is 0 Å². The summed E-state index contributed by atoms with van der Waals surface area (Å²) < 4.78 is 5.71. The summed E-state index contributed by atoms with van der Waals surface area (Å²) in [5.74, 6) is 1.62. The summed E-state index contributed by atoms with van der Waals surface area (Å²) in [4.78, 5) is 0. The second kappa shape index (κ2) is 3.86. The maximum Gasteiger partial charge on any atom is 0.134 e. The number of hydrogen-bond acceptors (Lipinski definition) is 1.